The Balaban J connectivity index is 1.19. The minimum absolute atomic E-state index is 0.0252. The SMILES string of the molecule is CC(C)CN(C(CO)c1ccc(CNC(=O)C(NC(=O)c2ccccc2)C(c2ccccc2)c2cccc3ncccc23)s1)S(=O)(=O)c1ccc2ncsc2c1. The van der Waals surface area contributed by atoms with Gasteiger partial charge in [-0.3, -0.25) is 14.6 Å². The van der Waals surface area contributed by atoms with Gasteiger partial charge in [-0.15, -0.1) is 22.7 Å². The van der Waals surface area contributed by atoms with Crippen LogP contribution in [0.4, 0.5) is 0 Å². The number of carbonyl (C=O) groups is 2. The predicted octanol–water partition coefficient (Wildman–Crippen LogP) is 7.53. The number of thiazole rings is 1. The molecule has 3 unspecified atom stereocenters. The van der Waals surface area contributed by atoms with E-state index in [4.69, 9.17) is 0 Å². The van der Waals surface area contributed by atoms with Crippen LogP contribution in [0, 0.1) is 5.92 Å². The third-order valence-corrected chi connectivity index (χ3v) is 13.4. The largest absolute Gasteiger partial charge is 0.394 e. The van der Waals surface area contributed by atoms with Crippen molar-refractivity contribution in [3.8, 4) is 0 Å². The lowest BCUT2D eigenvalue weighted by Gasteiger charge is -2.30. The molecule has 0 aliphatic rings. The highest BCUT2D eigenvalue weighted by Gasteiger charge is 2.36. The normalized spacial score (nSPS) is 13.5. The van der Waals surface area contributed by atoms with E-state index in [0.29, 0.717) is 10.4 Å². The second kappa shape index (κ2) is 17.2. The second-order valence-corrected chi connectivity index (χ2v) is 17.8. The fourth-order valence-corrected chi connectivity index (χ4v) is 10.6. The summed E-state index contributed by atoms with van der Waals surface area (Å²) in [4.78, 5) is 38.6. The number of benzene rings is 4. The number of sulfonamides is 1. The molecule has 56 heavy (non-hydrogen) atoms. The van der Waals surface area contributed by atoms with Crippen molar-refractivity contribution >= 4 is 65.6 Å². The molecular weight excluding hydrogens is 763 g/mol. The van der Waals surface area contributed by atoms with Gasteiger partial charge in [-0.1, -0.05) is 80.6 Å². The maximum atomic E-state index is 14.5. The van der Waals surface area contributed by atoms with Gasteiger partial charge >= 0.3 is 0 Å². The lowest BCUT2D eigenvalue weighted by Crippen LogP contribution is -2.50. The Bertz CT molecular complexity index is 2550. The molecule has 0 radical (unpaired) electrons. The third-order valence-electron chi connectivity index (χ3n) is 9.53. The van der Waals surface area contributed by atoms with Gasteiger partial charge in [0.2, 0.25) is 15.9 Å². The lowest BCUT2D eigenvalue weighted by molar-refractivity contribution is -0.123. The van der Waals surface area contributed by atoms with Crippen molar-refractivity contribution in [2.75, 3.05) is 13.2 Å². The van der Waals surface area contributed by atoms with Crippen LogP contribution >= 0.6 is 22.7 Å². The fourth-order valence-electron chi connectivity index (χ4n) is 6.88. The van der Waals surface area contributed by atoms with Crippen LogP contribution < -0.4 is 10.6 Å². The number of aliphatic hydroxyl groups excluding tert-OH is 1. The van der Waals surface area contributed by atoms with Crippen LogP contribution in [0.25, 0.3) is 21.1 Å². The van der Waals surface area contributed by atoms with Crippen LogP contribution in [0.3, 0.4) is 0 Å². The fraction of sp³-hybridized carbons (Fsp3) is 0.209. The van der Waals surface area contributed by atoms with E-state index in [0.717, 1.165) is 37.1 Å². The Morgan fingerprint density at radius 3 is 2.36 bits per heavy atom. The second-order valence-electron chi connectivity index (χ2n) is 13.8. The molecule has 2 amide bonds. The predicted molar refractivity (Wildman–Crippen MR) is 222 cm³/mol. The van der Waals surface area contributed by atoms with E-state index < -0.39 is 46.4 Å². The lowest BCUT2D eigenvalue weighted by atomic mass is 9.82. The van der Waals surface area contributed by atoms with E-state index in [1.165, 1.54) is 27.0 Å². The molecule has 7 rings (SSSR count). The molecule has 3 heterocycles. The Hall–Kier alpha value is -5.31. The molecule has 7 aromatic rings. The Morgan fingerprint density at radius 1 is 0.839 bits per heavy atom. The summed E-state index contributed by atoms with van der Waals surface area (Å²) in [6.45, 7) is 3.72. The average molecular weight is 804 g/mol. The van der Waals surface area contributed by atoms with E-state index in [1.54, 1.807) is 60.2 Å². The molecule has 0 spiro atoms. The molecule has 13 heteroatoms. The van der Waals surface area contributed by atoms with Crippen LogP contribution in [-0.2, 0) is 21.4 Å². The van der Waals surface area contributed by atoms with Crippen LogP contribution in [0.2, 0.25) is 0 Å². The topological polar surface area (TPSA) is 142 Å². The smallest absolute Gasteiger partial charge is 0.251 e. The molecular formula is C43H41N5O5S3. The van der Waals surface area contributed by atoms with Gasteiger partial charge in [0.1, 0.15) is 6.04 Å². The Kier molecular flexibility index (Phi) is 12.0. The van der Waals surface area contributed by atoms with E-state index in [-0.39, 0.29) is 23.9 Å². The molecule has 3 aromatic heterocycles. The number of rotatable bonds is 15. The van der Waals surface area contributed by atoms with Crippen LogP contribution in [-0.4, -0.2) is 58.8 Å². The van der Waals surface area contributed by atoms with Gasteiger partial charge in [-0.25, -0.2) is 13.4 Å². The minimum Gasteiger partial charge on any atom is -0.394 e. The first-order chi connectivity index (χ1) is 27.1. The van der Waals surface area contributed by atoms with E-state index in [9.17, 15) is 23.1 Å². The number of nitrogens with zero attached hydrogens (tertiary/aromatic N) is 3. The van der Waals surface area contributed by atoms with Gasteiger partial charge in [0.25, 0.3) is 5.91 Å². The standard InChI is InChI=1S/C43H41N5O5S3/c1-28(2)25-48(56(52,53)32-19-20-36-39(23-32)54-27-46-36)37(26-49)38-21-18-31(55-38)24-45-43(51)41(47-42(50)30-13-7-4-8-14-30)40(29-11-5-3-6-12-29)34-15-9-17-35-33(34)16-10-22-44-35/h3-23,27-28,37,40-41,49H,24-26H2,1-2H3,(H,45,51)(H,47,50). The first-order valence-electron chi connectivity index (χ1n) is 18.2. The quantitative estimate of drug-likeness (QED) is 0.0974. The van der Waals surface area contributed by atoms with Gasteiger partial charge in [0.05, 0.1) is 45.3 Å². The molecule has 0 saturated heterocycles. The molecule has 0 aliphatic carbocycles. The van der Waals surface area contributed by atoms with Crippen molar-refractivity contribution < 1.29 is 23.1 Å². The first kappa shape index (κ1) is 38.9. The number of carbonyl (C=O) groups excluding carboxylic acids is 2. The van der Waals surface area contributed by atoms with E-state index >= 15 is 0 Å². The van der Waals surface area contributed by atoms with Gasteiger partial charge in [-0.05, 0) is 71.6 Å². The van der Waals surface area contributed by atoms with Crippen molar-refractivity contribution in [1.82, 2.24) is 24.9 Å². The van der Waals surface area contributed by atoms with Crippen molar-refractivity contribution in [3.63, 3.8) is 0 Å². The summed E-state index contributed by atoms with van der Waals surface area (Å²) in [5.41, 5.74) is 5.25. The van der Waals surface area contributed by atoms with E-state index in [2.05, 4.69) is 20.6 Å². The number of pyridine rings is 1. The summed E-state index contributed by atoms with van der Waals surface area (Å²) >= 11 is 2.69. The number of amides is 2. The number of nitrogens with one attached hydrogen (secondary N) is 2. The molecule has 10 nitrogen and oxygen atoms in total. The highest BCUT2D eigenvalue weighted by molar-refractivity contribution is 7.89. The van der Waals surface area contributed by atoms with Crippen molar-refractivity contribution in [3.05, 3.63) is 159 Å². The first-order valence-corrected chi connectivity index (χ1v) is 21.3. The number of fused-ring (bicyclic) bond motifs is 2. The van der Waals surface area contributed by atoms with Gasteiger partial charge in [0.15, 0.2) is 0 Å². The zero-order valence-electron chi connectivity index (χ0n) is 30.8. The minimum atomic E-state index is -4.02. The van der Waals surface area contributed by atoms with Crippen molar-refractivity contribution in [2.24, 2.45) is 5.92 Å². The molecule has 3 atom stereocenters. The highest BCUT2D eigenvalue weighted by Crippen LogP contribution is 2.36. The number of aromatic nitrogens is 2. The maximum Gasteiger partial charge on any atom is 0.251 e. The van der Waals surface area contributed by atoms with Gasteiger partial charge in [0, 0.05) is 39.4 Å². The molecule has 0 aliphatic heterocycles. The average Bonchev–Trinajstić information content (AvgIpc) is 3.90. The van der Waals surface area contributed by atoms with Crippen molar-refractivity contribution in [2.45, 2.75) is 43.3 Å². The molecule has 0 fully saturated rings. The molecule has 0 bridgehead atoms. The number of thiophene rings is 1. The van der Waals surface area contributed by atoms with Crippen molar-refractivity contribution in [1.29, 1.82) is 0 Å². The summed E-state index contributed by atoms with van der Waals surface area (Å²) in [5.74, 6) is -1.41. The molecule has 3 N–H and O–H groups in total. The van der Waals surface area contributed by atoms with E-state index in [1.807, 2.05) is 86.6 Å². The zero-order valence-corrected chi connectivity index (χ0v) is 33.2. The zero-order chi connectivity index (χ0) is 39.2. The van der Waals surface area contributed by atoms with Crippen LogP contribution in [0.15, 0.2) is 138 Å². The number of hydrogen-bond donors (Lipinski definition) is 3. The molecule has 286 valence electrons. The van der Waals surface area contributed by atoms with Gasteiger partial charge in [-0.2, -0.15) is 4.31 Å². The van der Waals surface area contributed by atoms with Gasteiger partial charge < -0.3 is 15.7 Å². The monoisotopic (exact) mass is 803 g/mol. The summed E-state index contributed by atoms with van der Waals surface area (Å²) < 4.78 is 30.5. The number of aliphatic hydroxyl groups is 1. The molecule has 0 saturated carbocycles. The highest BCUT2D eigenvalue weighted by atomic mass is 32.2. The summed E-state index contributed by atoms with van der Waals surface area (Å²) in [7, 11) is -4.02. The molecule has 4 aromatic carbocycles. The summed E-state index contributed by atoms with van der Waals surface area (Å²) in [5, 5.41) is 17.7. The summed E-state index contributed by atoms with van der Waals surface area (Å²) in [6.07, 6.45) is 1.72. The van der Waals surface area contributed by atoms with Crippen LogP contribution in [0.5, 0.6) is 0 Å². The summed E-state index contributed by atoms with van der Waals surface area (Å²) in [6, 6.07) is 34.6. The van der Waals surface area contributed by atoms with Crippen LogP contribution in [0.1, 0.15) is 57.0 Å². The Morgan fingerprint density at radius 2 is 1.61 bits per heavy atom. The maximum absolute atomic E-state index is 14.5. The Labute approximate surface area is 333 Å². The third kappa shape index (κ3) is 8.42. The number of hydrogen-bond acceptors (Lipinski definition) is 9.